The molecule has 10 heavy (non-hydrogen) atoms. The minimum absolute atomic E-state index is 0. The number of hydrogen-bond acceptors (Lipinski definition) is 2. The molecule has 0 rings (SSSR count). The Bertz CT molecular complexity index is 39.1. The van der Waals surface area contributed by atoms with Gasteiger partial charge in [-0.25, -0.2) is 5.48 Å². The van der Waals surface area contributed by atoms with Crippen molar-refractivity contribution >= 4 is 0 Å². The molecular weight excluding hydrogens is 126 g/mol. The van der Waals surface area contributed by atoms with Crippen molar-refractivity contribution in [2.75, 3.05) is 6.54 Å². The van der Waals surface area contributed by atoms with E-state index >= 15 is 0 Å². The molecule has 0 unspecified atom stereocenters. The van der Waals surface area contributed by atoms with Crippen LogP contribution in [0.3, 0.4) is 0 Å². The fourth-order valence-electron chi connectivity index (χ4n) is 0.631. The Hall–Kier alpha value is -0.0800. The van der Waals surface area contributed by atoms with Gasteiger partial charge in [0.15, 0.2) is 0 Å². The maximum Gasteiger partial charge on any atom is 0.0207 e. The summed E-state index contributed by atoms with van der Waals surface area (Å²) in [5, 5.41) is 8.12. The van der Waals surface area contributed by atoms with E-state index in [2.05, 4.69) is 12.4 Å². The molecule has 0 aliphatic carbocycles. The van der Waals surface area contributed by atoms with E-state index in [1.807, 2.05) is 13.8 Å². The summed E-state index contributed by atoms with van der Waals surface area (Å²) < 4.78 is 0. The quantitative estimate of drug-likeness (QED) is 0.465. The van der Waals surface area contributed by atoms with Crippen molar-refractivity contribution < 1.29 is 6.63 Å². The predicted octanol–water partition coefficient (Wildman–Crippen LogP) is 2.82. The normalized spacial score (nSPS) is 8.40. The van der Waals surface area contributed by atoms with E-state index in [1.165, 1.54) is 19.3 Å². The third kappa shape index (κ3) is 15.7. The minimum Gasteiger partial charge on any atom is -0.317 e. The van der Waals surface area contributed by atoms with Crippen LogP contribution in [0, 0.1) is 0 Å². The molecule has 0 heterocycles. The monoisotopic (exact) mass is 149 g/mol. The van der Waals surface area contributed by atoms with Gasteiger partial charge in [-0.1, -0.05) is 40.0 Å². The largest absolute Gasteiger partial charge is 0.317 e. The van der Waals surface area contributed by atoms with Crippen molar-refractivity contribution in [2.45, 2.75) is 46.5 Å². The van der Waals surface area contributed by atoms with Crippen molar-refractivity contribution in [2.24, 2.45) is 0 Å². The number of hydroxylamine groups is 1. The molecule has 0 aromatic carbocycles. The van der Waals surface area contributed by atoms with Crippen molar-refractivity contribution in [3.05, 3.63) is 0 Å². The third-order valence-corrected chi connectivity index (χ3v) is 1.14. The Kier molecular flexibility index (Phi) is 20.1. The maximum atomic E-state index is 8.12. The first-order valence-electron chi connectivity index (χ1n) is 4.28. The van der Waals surface area contributed by atoms with E-state index in [0.717, 1.165) is 13.0 Å². The first kappa shape index (κ1) is 12.6. The Morgan fingerprint density at radius 3 is 2.20 bits per heavy atom. The summed E-state index contributed by atoms with van der Waals surface area (Å²) in [6.45, 7) is 6.91. The number of nitrogens with one attached hydrogen (secondary N) is 1. The fourth-order valence-corrected chi connectivity index (χ4v) is 0.631. The van der Waals surface area contributed by atoms with Crippen molar-refractivity contribution in [3.8, 4) is 0 Å². The first-order chi connectivity index (χ1) is 4.91. The summed E-state index contributed by atoms with van der Waals surface area (Å²) in [6.07, 6.45) is 4.85. The average Bonchev–Trinajstić information content (AvgIpc) is 2.02. The standard InChI is InChI=1S/C6H15NO.C2H6.H2/c1-2-3-4-5-6-7-8;1-2;/h7-8H,2-6H2,1H3;1-2H3;1H. The second-order valence-corrected chi connectivity index (χ2v) is 1.97. The van der Waals surface area contributed by atoms with Crippen LogP contribution in [0.1, 0.15) is 47.9 Å². The zero-order chi connectivity index (χ0) is 8.24. The van der Waals surface area contributed by atoms with Crippen LogP contribution in [-0.2, 0) is 0 Å². The van der Waals surface area contributed by atoms with E-state index in [1.54, 1.807) is 0 Å². The fraction of sp³-hybridized carbons (Fsp3) is 1.00. The van der Waals surface area contributed by atoms with Crippen molar-refractivity contribution in [1.29, 1.82) is 0 Å². The lowest BCUT2D eigenvalue weighted by molar-refractivity contribution is 0.164. The molecule has 0 bridgehead atoms. The smallest absolute Gasteiger partial charge is 0.0207 e. The molecule has 0 fully saturated rings. The minimum atomic E-state index is 0. The lowest BCUT2D eigenvalue weighted by Gasteiger charge is -1.94. The van der Waals surface area contributed by atoms with E-state index in [4.69, 9.17) is 5.21 Å². The molecule has 0 radical (unpaired) electrons. The Balaban J connectivity index is -0.000000196. The number of rotatable bonds is 5. The van der Waals surface area contributed by atoms with Crippen LogP contribution < -0.4 is 5.48 Å². The molecule has 0 aliphatic heterocycles. The summed E-state index contributed by atoms with van der Waals surface area (Å²) in [5.74, 6) is 0. The summed E-state index contributed by atoms with van der Waals surface area (Å²) in [6, 6.07) is 0. The highest BCUT2D eigenvalue weighted by molar-refractivity contribution is 4.39. The lowest BCUT2D eigenvalue weighted by atomic mass is 10.2. The van der Waals surface area contributed by atoms with Crippen molar-refractivity contribution in [1.82, 2.24) is 5.48 Å². The van der Waals surface area contributed by atoms with Crippen LogP contribution in [-0.4, -0.2) is 11.8 Å². The van der Waals surface area contributed by atoms with Gasteiger partial charge in [0.05, 0.1) is 0 Å². The molecule has 0 aromatic rings. The zero-order valence-electron chi connectivity index (χ0n) is 7.48. The molecule has 0 amide bonds. The van der Waals surface area contributed by atoms with E-state index < -0.39 is 0 Å². The van der Waals surface area contributed by atoms with E-state index in [0.29, 0.717) is 0 Å². The summed E-state index contributed by atoms with van der Waals surface area (Å²) >= 11 is 0. The summed E-state index contributed by atoms with van der Waals surface area (Å²) in [7, 11) is 0. The molecule has 0 atom stereocenters. The van der Waals surface area contributed by atoms with Crippen molar-refractivity contribution in [3.63, 3.8) is 0 Å². The van der Waals surface area contributed by atoms with Gasteiger partial charge in [-0.2, -0.15) is 0 Å². The Labute approximate surface area is 66.1 Å². The topological polar surface area (TPSA) is 32.3 Å². The molecular formula is C8H23NO. The van der Waals surface area contributed by atoms with Crippen LogP contribution in [0.2, 0.25) is 0 Å². The molecule has 66 valence electrons. The highest BCUT2D eigenvalue weighted by Gasteiger charge is 1.83. The Morgan fingerprint density at radius 2 is 1.80 bits per heavy atom. The van der Waals surface area contributed by atoms with Gasteiger partial charge in [0.1, 0.15) is 0 Å². The van der Waals surface area contributed by atoms with Gasteiger partial charge in [-0.05, 0) is 6.42 Å². The van der Waals surface area contributed by atoms with Crippen LogP contribution in [0.25, 0.3) is 0 Å². The van der Waals surface area contributed by atoms with Crippen LogP contribution in [0.15, 0.2) is 0 Å². The molecule has 0 aliphatic rings. The highest BCUT2D eigenvalue weighted by Crippen LogP contribution is 1.96. The number of unbranched alkanes of at least 4 members (excludes halogenated alkanes) is 3. The maximum absolute atomic E-state index is 8.12. The summed E-state index contributed by atoms with van der Waals surface area (Å²) in [4.78, 5) is 0. The average molecular weight is 149 g/mol. The SMILES string of the molecule is CC.CCCCCCNO.[HH]. The second-order valence-electron chi connectivity index (χ2n) is 1.97. The first-order valence-corrected chi connectivity index (χ1v) is 4.28. The van der Waals surface area contributed by atoms with Gasteiger partial charge >= 0.3 is 0 Å². The zero-order valence-corrected chi connectivity index (χ0v) is 7.48. The molecule has 0 saturated carbocycles. The molecule has 2 heteroatoms. The van der Waals surface area contributed by atoms with Gasteiger partial charge in [0.2, 0.25) is 0 Å². The lowest BCUT2D eigenvalue weighted by Crippen LogP contribution is -2.07. The highest BCUT2D eigenvalue weighted by atomic mass is 16.5. The molecule has 2 nitrogen and oxygen atoms in total. The van der Waals surface area contributed by atoms with Gasteiger partial charge in [0, 0.05) is 7.97 Å². The van der Waals surface area contributed by atoms with Crippen LogP contribution >= 0.6 is 0 Å². The van der Waals surface area contributed by atoms with Crippen LogP contribution in [0.5, 0.6) is 0 Å². The molecule has 0 spiro atoms. The van der Waals surface area contributed by atoms with Gasteiger partial charge in [0.25, 0.3) is 0 Å². The second kappa shape index (κ2) is 16.0. The van der Waals surface area contributed by atoms with E-state index in [9.17, 15) is 0 Å². The van der Waals surface area contributed by atoms with Gasteiger partial charge in [-0.3, -0.25) is 0 Å². The third-order valence-electron chi connectivity index (χ3n) is 1.14. The summed E-state index contributed by atoms with van der Waals surface area (Å²) in [5.41, 5.74) is 2.13. The number of hydrogen-bond donors (Lipinski definition) is 2. The molecule has 0 aromatic heterocycles. The van der Waals surface area contributed by atoms with E-state index in [-0.39, 0.29) is 1.43 Å². The molecule has 0 saturated heterocycles. The molecule has 2 N–H and O–H groups in total. The van der Waals surface area contributed by atoms with Gasteiger partial charge < -0.3 is 5.21 Å². The van der Waals surface area contributed by atoms with Crippen LogP contribution in [0.4, 0.5) is 0 Å². The predicted molar refractivity (Wildman–Crippen MR) is 47.4 cm³/mol. The van der Waals surface area contributed by atoms with Gasteiger partial charge in [-0.15, -0.1) is 0 Å². The Morgan fingerprint density at radius 1 is 1.20 bits per heavy atom.